The van der Waals surface area contributed by atoms with Gasteiger partial charge in [0.2, 0.25) is 0 Å². The maximum absolute atomic E-state index is 4.57. The predicted molar refractivity (Wildman–Crippen MR) is 79.9 cm³/mol. The van der Waals surface area contributed by atoms with Crippen LogP contribution in [-0.2, 0) is 6.42 Å². The molecule has 0 aliphatic heterocycles. The fourth-order valence-corrected chi connectivity index (χ4v) is 2.13. The van der Waals surface area contributed by atoms with Gasteiger partial charge in [-0.1, -0.05) is 54.6 Å². The molecule has 2 aromatic carbocycles. The Labute approximate surface area is 112 Å². The van der Waals surface area contributed by atoms with Crippen molar-refractivity contribution in [3.05, 3.63) is 72.1 Å². The van der Waals surface area contributed by atoms with Crippen LogP contribution >= 0.6 is 0 Å². The molecule has 0 fully saturated rings. The van der Waals surface area contributed by atoms with Crippen molar-refractivity contribution in [3.8, 4) is 0 Å². The van der Waals surface area contributed by atoms with Gasteiger partial charge in [-0.3, -0.25) is 0 Å². The van der Waals surface area contributed by atoms with E-state index in [4.69, 9.17) is 0 Å². The van der Waals surface area contributed by atoms with E-state index in [-0.39, 0.29) is 0 Å². The average molecular weight is 248 g/mol. The highest BCUT2D eigenvalue weighted by molar-refractivity contribution is 5.74. The number of rotatable bonds is 4. The lowest BCUT2D eigenvalue weighted by Crippen LogP contribution is -1.85. The lowest BCUT2D eigenvalue weighted by Gasteiger charge is -1.92. The number of hydrogen-bond donors (Lipinski definition) is 1. The van der Waals surface area contributed by atoms with Crippen molar-refractivity contribution in [1.82, 2.24) is 9.97 Å². The van der Waals surface area contributed by atoms with Gasteiger partial charge in [-0.05, 0) is 24.1 Å². The van der Waals surface area contributed by atoms with Gasteiger partial charge in [-0.2, -0.15) is 0 Å². The van der Waals surface area contributed by atoms with E-state index >= 15 is 0 Å². The van der Waals surface area contributed by atoms with E-state index < -0.39 is 0 Å². The number of aryl methyl sites for hydroxylation is 1. The molecule has 2 heteroatoms. The van der Waals surface area contributed by atoms with Crippen LogP contribution in [0.4, 0.5) is 0 Å². The number of aromatic amines is 1. The molecule has 2 nitrogen and oxygen atoms in total. The highest BCUT2D eigenvalue weighted by Gasteiger charge is 1.99. The van der Waals surface area contributed by atoms with Gasteiger partial charge in [0.15, 0.2) is 0 Å². The molecule has 19 heavy (non-hydrogen) atoms. The Morgan fingerprint density at radius 2 is 1.74 bits per heavy atom. The van der Waals surface area contributed by atoms with Crippen LogP contribution in [0.2, 0.25) is 0 Å². The number of benzene rings is 2. The first kappa shape index (κ1) is 11.7. The Bertz CT molecular complexity index is 648. The molecule has 3 rings (SSSR count). The zero-order valence-electron chi connectivity index (χ0n) is 10.7. The topological polar surface area (TPSA) is 28.7 Å². The first-order valence-electron chi connectivity index (χ1n) is 6.57. The Balaban J connectivity index is 1.62. The van der Waals surface area contributed by atoms with E-state index in [1.807, 2.05) is 24.3 Å². The van der Waals surface area contributed by atoms with Gasteiger partial charge < -0.3 is 4.98 Å². The molecule has 1 N–H and O–H groups in total. The molecular weight excluding hydrogens is 232 g/mol. The molecule has 0 amide bonds. The van der Waals surface area contributed by atoms with Crippen molar-refractivity contribution in [1.29, 1.82) is 0 Å². The number of nitrogens with zero attached hydrogens (tertiary/aromatic N) is 1. The molecule has 3 aromatic rings. The molecule has 1 aromatic heterocycles. The van der Waals surface area contributed by atoms with E-state index in [0.29, 0.717) is 0 Å². The molecule has 0 radical (unpaired) electrons. The summed E-state index contributed by atoms with van der Waals surface area (Å²) in [7, 11) is 0. The molecule has 0 saturated carbocycles. The lowest BCUT2D eigenvalue weighted by molar-refractivity contribution is 0.919. The van der Waals surface area contributed by atoms with Gasteiger partial charge in [0.1, 0.15) is 5.82 Å². The summed E-state index contributed by atoms with van der Waals surface area (Å²) in [6, 6.07) is 18.5. The summed E-state index contributed by atoms with van der Waals surface area (Å²) in [5, 5.41) is 0. The molecule has 0 aliphatic carbocycles. The molecule has 94 valence electrons. The van der Waals surface area contributed by atoms with Crippen molar-refractivity contribution < 1.29 is 0 Å². The first-order chi connectivity index (χ1) is 9.42. The van der Waals surface area contributed by atoms with Crippen LogP contribution in [0.15, 0.2) is 60.7 Å². The Hall–Kier alpha value is -2.35. The molecule has 1 heterocycles. The predicted octanol–water partition coefficient (Wildman–Crippen LogP) is 4.21. The summed E-state index contributed by atoms with van der Waals surface area (Å²) in [5.41, 5.74) is 3.40. The van der Waals surface area contributed by atoms with Crippen LogP contribution < -0.4 is 0 Å². The molecule has 0 unspecified atom stereocenters. The summed E-state index contributed by atoms with van der Waals surface area (Å²) in [4.78, 5) is 7.92. The van der Waals surface area contributed by atoms with Crippen molar-refractivity contribution in [2.24, 2.45) is 0 Å². The van der Waals surface area contributed by atoms with Crippen LogP contribution in [0.1, 0.15) is 17.8 Å². The standard InChI is InChI=1S/C17H16N2/c1-2-8-14(9-3-1)10-4-7-13-17-18-15-11-5-6-12-16(15)19-17/h1-6,8-12H,7,13H2,(H,18,19)/b10-4+. The van der Waals surface area contributed by atoms with E-state index in [2.05, 4.69) is 52.5 Å². The van der Waals surface area contributed by atoms with Gasteiger partial charge in [0, 0.05) is 6.42 Å². The van der Waals surface area contributed by atoms with Crippen LogP contribution in [0.25, 0.3) is 17.1 Å². The number of aromatic nitrogens is 2. The fraction of sp³-hybridized carbons (Fsp3) is 0.118. The van der Waals surface area contributed by atoms with Gasteiger partial charge in [-0.15, -0.1) is 0 Å². The van der Waals surface area contributed by atoms with Gasteiger partial charge in [0.05, 0.1) is 11.0 Å². The summed E-state index contributed by atoms with van der Waals surface area (Å²) >= 11 is 0. The van der Waals surface area contributed by atoms with Crippen molar-refractivity contribution >= 4 is 17.1 Å². The maximum Gasteiger partial charge on any atom is 0.107 e. The average Bonchev–Trinajstić information content (AvgIpc) is 2.87. The van der Waals surface area contributed by atoms with E-state index in [9.17, 15) is 0 Å². The summed E-state index contributed by atoms with van der Waals surface area (Å²) in [5.74, 6) is 1.05. The van der Waals surface area contributed by atoms with Crippen molar-refractivity contribution in [3.63, 3.8) is 0 Å². The minimum Gasteiger partial charge on any atom is -0.342 e. The Morgan fingerprint density at radius 1 is 0.947 bits per heavy atom. The van der Waals surface area contributed by atoms with Crippen molar-refractivity contribution in [2.45, 2.75) is 12.8 Å². The largest absolute Gasteiger partial charge is 0.342 e. The highest BCUT2D eigenvalue weighted by atomic mass is 14.9. The third-order valence-corrected chi connectivity index (χ3v) is 3.10. The summed E-state index contributed by atoms with van der Waals surface area (Å²) in [6.07, 6.45) is 6.29. The monoisotopic (exact) mass is 248 g/mol. The highest BCUT2D eigenvalue weighted by Crippen LogP contribution is 2.11. The molecule has 0 atom stereocenters. The van der Waals surface area contributed by atoms with E-state index in [1.165, 1.54) is 5.56 Å². The number of nitrogens with one attached hydrogen (secondary N) is 1. The maximum atomic E-state index is 4.57. The Morgan fingerprint density at radius 3 is 2.58 bits per heavy atom. The normalized spacial score (nSPS) is 11.4. The number of para-hydroxylation sites is 2. The van der Waals surface area contributed by atoms with Gasteiger partial charge in [-0.25, -0.2) is 4.98 Å². The van der Waals surface area contributed by atoms with Crippen LogP contribution in [0.3, 0.4) is 0 Å². The van der Waals surface area contributed by atoms with Gasteiger partial charge >= 0.3 is 0 Å². The molecule has 0 bridgehead atoms. The summed E-state index contributed by atoms with van der Waals surface area (Å²) in [6.45, 7) is 0. The van der Waals surface area contributed by atoms with Crippen LogP contribution in [0.5, 0.6) is 0 Å². The second kappa shape index (κ2) is 5.53. The second-order valence-electron chi connectivity index (χ2n) is 4.55. The zero-order valence-corrected chi connectivity index (χ0v) is 10.7. The fourth-order valence-electron chi connectivity index (χ4n) is 2.13. The third kappa shape index (κ3) is 2.91. The molecule has 0 saturated heterocycles. The first-order valence-corrected chi connectivity index (χ1v) is 6.57. The minimum atomic E-state index is 0.942. The lowest BCUT2D eigenvalue weighted by atomic mass is 10.2. The quantitative estimate of drug-likeness (QED) is 0.736. The number of fused-ring (bicyclic) bond motifs is 1. The second-order valence-corrected chi connectivity index (χ2v) is 4.55. The van der Waals surface area contributed by atoms with E-state index in [0.717, 1.165) is 29.7 Å². The third-order valence-electron chi connectivity index (χ3n) is 3.10. The smallest absolute Gasteiger partial charge is 0.107 e. The molecule has 0 spiro atoms. The summed E-state index contributed by atoms with van der Waals surface area (Å²) < 4.78 is 0. The number of imidazole rings is 1. The molecular formula is C17H16N2. The van der Waals surface area contributed by atoms with E-state index in [1.54, 1.807) is 0 Å². The van der Waals surface area contributed by atoms with Crippen LogP contribution in [-0.4, -0.2) is 9.97 Å². The Kier molecular flexibility index (Phi) is 3.41. The minimum absolute atomic E-state index is 0.942. The number of hydrogen-bond acceptors (Lipinski definition) is 1. The SMILES string of the molecule is C(=C\c1ccccc1)/CCc1nc2ccccc2[nH]1. The zero-order chi connectivity index (χ0) is 12.9. The van der Waals surface area contributed by atoms with Crippen LogP contribution in [0, 0.1) is 0 Å². The number of allylic oxidation sites excluding steroid dienone is 1. The van der Waals surface area contributed by atoms with Gasteiger partial charge in [0.25, 0.3) is 0 Å². The number of H-pyrrole nitrogens is 1. The van der Waals surface area contributed by atoms with Crippen molar-refractivity contribution in [2.75, 3.05) is 0 Å². The molecule has 0 aliphatic rings.